The van der Waals surface area contributed by atoms with Crippen LogP contribution in [0.3, 0.4) is 0 Å². The maximum Gasteiger partial charge on any atom is 0.343 e. The maximum absolute atomic E-state index is 13.7. The van der Waals surface area contributed by atoms with Crippen molar-refractivity contribution in [3.05, 3.63) is 88.1 Å². The average Bonchev–Trinajstić information content (AvgIpc) is 2.81. The molecule has 3 rings (SSSR count). The quantitative estimate of drug-likeness (QED) is 0.171. The molecule has 0 aliphatic carbocycles. The van der Waals surface area contributed by atoms with Gasteiger partial charge in [0.2, 0.25) is 0 Å². The number of hydrogen-bond acceptors (Lipinski definition) is 6. The molecule has 2 amide bonds. The van der Waals surface area contributed by atoms with Crippen molar-refractivity contribution in [2.24, 2.45) is 5.10 Å². The Morgan fingerprint density at radius 3 is 2.24 bits per heavy atom. The molecule has 0 saturated heterocycles. The van der Waals surface area contributed by atoms with Crippen molar-refractivity contribution in [3.8, 4) is 11.5 Å². The Bertz CT molecular complexity index is 1200. The van der Waals surface area contributed by atoms with Crippen LogP contribution in [0.25, 0.3) is 0 Å². The molecule has 10 heteroatoms. The number of halogens is 2. The number of nitrogens with one attached hydrogen (secondary N) is 2. The van der Waals surface area contributed by atoms with E-state index in [9.17, 15) is 18.8 Å². The fourth-order valence-electron chi connectivity index (χ4n) is 2.50. The molecule has 0 aliphatic heterocycles. The van der Waals surface area contributed by atoms with Crippen LogP contribution in [0.4, 0.5) is 10.1 Å². The Morgan fingerprint density at radius 1 is 0.939 bits per heavy atom. The number of rotatable bonds is 6. The predicted octanol–water partition coefficient (Wildman–Crippen LogP) is 3.90. The van der Waals surface area contributed by atoms with E-state index in [4.69, 9.17) is 9.47 Å². The topological polar surface area (TPSA) is 106 Å². The standard InChI is InChI=1S/C23H17BrFN3O5/c1-32-17-9-4-15(5-10-17)23(31)33-18-7-2-14(3-8-18)13-26-28-22(30)21(29)27-20-11-6-16(24)12-19(20)25/h2-13H,1H3,(H,27,29)(H,28,30). The van der Waals surface area contributed by atoms with Crippen LogP contribution in [0.15, 0.2) is 76.3 Å². The Morgan fingerprint density at radius 2 is 1.61 bits per heavy atom. The van der Waals surface area contributed by atoms with E-state index < -0.39 is 23.6 Å². The van der Waals surface area contributed by atoms with Gasteiger partial charge in [0.25, 0.3) is 0 Å². The molecule has 168 valence electrons. The Kier molecular flexibility index (Phi) is 7.87. The van der Waals surface area contributed by atoms with Crippen molar-refractivity contribution in [2.75, 3.05) is 12.4 Å². The first kappa shape index (κ1) is 23.6. The van der Waals surface area contributed by atoms with E-state index in [0.29, 0.717) is 27.1 Å². The number of hydrazone groups is 1. The molecule has 2 N–H and O–H groups in total. The van der Waals surface area contributed by atoms with Gasteiger partial charge in [0, 0.05) is 4.47 Å². The van der Waals surface area contributed by atoms with Gasteiger partial charge >= 0.3 is 17.8 Å². The third-order valence-electron chi connectivity index (χ3n) is 4.18. The van der Waals surface area contributed by atoms with Crippen LogP contribution in [0.5, 0.6) is 11.5 Å². The van der Waals surface area contributed by atoms with Crippen LogP contribution in [-0.4, -0.2) is 31.1 Å². The molecule has 0 bridgehead atoms. The minimum Gasteiger partial charge on any atom is -0.497 e. The summed E-state index contributed by atoms with van der Waals surface area (Å²) in [5.74, 6) is -2.43. The van der Waals surface area contributed by atoms with Crippen LogP contribution >= 0.6 is 15.9 Å². The number of benzene rings is 3. The van der Waals surface area contributed by atoms with E-state index in [-0.39, 0.29) is 5.69 Å². The molecular weight excluding hydrogens is 497 g/mol. The van der Waals surface area contributed by atoms with Gasteiger partial charge in [0.05, 0.1) is 24.6 Å². The molecule has 3 aromatic carbocycles. The summed E-state index contributed by atoms with van der Waals surface area (Å²) in [6, 6.07) is 16.8. The number of carbonyl (C=O) groups is 3. The lowest BCUT2D eigenvalue weighted by Gasteiger charge is -2.06. The number of carbonyl (C=O) groups excluding carboxylic acids is 3. The van der Waals surface area contributed by atoms with Gasteiger partial charge < -0.3 is 14.8 Å². The summed E-state index contributed by atoms with van der Waals surface area (Å²) in [4.78, 5) is 35.9. The summed E-state index contributed by atoms with van der Waals surface area (Å²) in [5, 5.41) is 5.84. The fourth-order valence-corrected chi connectivity index (χ4v) is 2.83. The molecule has 33 heavy (non-hydrogen) atoms. The van der Waals surface area contributed by atoms with Crippen LogP contribution in [0, 0.1) is 5.82 Å². The van der Waals surface area contributed by atoms with Crippen LogP contribution in [0.1, 0.15) is 15.9 Å². The minimum atomic E-state index is -1.07. The van der Waals surface area contributed by atoms with Crippen LogP contribution in [0.2, 0.25) is 0 Å². The van der Waals surface area contributed by atoms with Crippen molar-refractivity contribution >= 4 is 45.6 Å². The summed E-state index contributed by atoms with van der Waals surface area (Å²) < 4.78 is 24.6. The van der Waals surface area contributed by atoms with Gasteiger partial charge in [-0.05, 0) is 72.3 Å². The monoisotopic (exact) mass is 513 g/mol. The van der Waals surface area contributed by atoms with Crippen molar-refractivity contribution in [1.29, 1.82) is 0 Å². The zero-order chi connectivity index (χ0) is 23.8. The number of amides is 2. The highest BCUT2D eigenvalue weighted by molar-refractivity contribution is 9.10. The Labute approximate surface area is 196 Å². The Balaban J connectivity index is 1.51. The molecule has 8 nitrogen and oxygen atoms in total. The largest absolute Gasteiger partial charge is 0.497 e. The fraction of sp³-hybridized carbons (Fsp3) is 0.0435. The smallest absolute Gasteiger partial charge is 0.343 e. The van der Waals surface area contributed by atoms with Gasteiger partial charge in [-0.1, -0.05) is 15.9 Å². The third kappa shape index (κ3) is 6.71. The zero-order valence-corrected chi connectivity index (χ0v) is 18.8. The van der Waals surface area contributed by atoms with Crippen molar-refractivity contribution in [3.63, 3.8) is 0 Å². The highest BCUT2D eigenvalue weighted by Crippen LogP contribution is 2.19. The maximum atomic E-state index is 13.7. The van der Waals surface area contributed by atoms with E-state index in [1.54, 1.807) is 48.5 Å². The lowest BCUT2D eigenvalue weighted by molar-refractivity contribution is -0.136. The Hall–Kier alpha value is -4.05. The number of nitrogens with zero attached hydrogens (tertiary/aromatic N) is 1. The first-order valence-electron chi connectivity index (χ1n) is 9.41. The highest BCUT2D eigenvalue weighted by atomic mass is 79.9. The molecule has 0 spiro atoms. The van der Waals surface area contributed by atoms with Gasteiger partial charge in [0.15, 0.2) is 0 Å². The van der Waals surface area contributed by atoms with E-state index in [1.165, 1.54) is 25.5 Å². The number of esters is 1. The van der Waals surface area contributed by atoms with Crippen molar-refractivity contribution < 1.29 is 28.2 Å². The highest BCUT2D eigenvalue weighted by Gasteiger charge is 2.15. The van der Waals surface area contributed by atoms with E-state index in [2.05, 4.69) is 31.8 Å². The summed E-state index contributed by atoms with van der Waals surface area (Å²) in [6.07, 6.45) is 1.29. The molecule has 0 aliphatic rings. The number of ether oxygens (including phenoxy) is 2. The lowest BCUT2D eigenvalue weighted by atomic mass is 10.2. The molecule has 0 aromatic heterocycles. The lowest BCUT2D eigenvalue weighted by Crippen LogP contribution is -2.32. The third-order valence-corrected chi connectivity index (χ3v) is 4.67. The van der Waals surface area contributed by atoms with E-state index >= 15 is 0 Å². The van der Waals surface area contributed by atoms with Crippen LogP contribution < -0.4 is 20.2 Å². The van der Waals surface area contributed by atoms with Gasteiger partial charge in [-0.2, -0.15) is 5.10 Å². The molecule has 0 heterocycles. The zero-order valence-electron chi connectivity index (χ0n) is 17.2. The van der Waals surface area contributed by atoms with Crippen molar-refractivity contribution in [1.82, 2.24) is 5.43 Å². The molecule has 0 saturated carbocycles. The number of hydrogen-bond donors (Lipinski definition) is 2. The molecule has 3 aromatic rings. The molecular formula is C23H17BrFN3O5. The van der Waals surface area contributed by atoms with Crippen molar-refractivity contribution in [2.45, 2.75) is 0 Å². The molecule has 0 fully saturated rings. The normalized spacial score (nSPS) is 10.5. The second-order valence-electron chi connectivity index (χ2n) is 6.46. The molecule has 0 unspecified atom stereocenters. The van der Waals surface area contributed by atoms with E-state index in [1.807, 2.05) is 0 Å². The molecule has 0 atom stereocenters. The first-order valence-corrected chi connectivity index (χ1v) is 10.2. The summed E-state index contributed by atoms with van der Waals surface area (Å²) in [5.41, 5.74) is 2.85. The summed E-state index contributed by atoms with van der Waals surface area (Å²) in [7, 11) is 1.53. The summed E-state index contributed by atoms with van der Waals surface area (Å²) >= 11 is 3.10. The molecule has 0 radical (unpaired) electrons. The van der Waals surface area contributed by atoms with E-state index in [0.717, 1.165) is 6.07 Å². The van der Waals surface area contributed by atoms with Gasteiger partial charge in [0.1, 0.15) is 17.3 Å². The predicted molar refractivity (Wildman–Crippen MR) is 123 cm³/mol. The second-order valence-corrected chi connectivity index (χ2v) is 7.38. The number of methoxy groups -OCH3 is 1. The van der Waals surface area contributed by atoms with Gasteiger partial charge in [-0.3, -0.25) is 9.59 Å². The van der Waals surface area contributed by atoms with Gasteiger partial charge in [-0.15, -0.1) is 0 Å². The second kappa shape index (κ2) is 11.0. The van der Waals surface area contributed by atoms with Crippen LogP contribution in [-0.2, 0) is 9.59 Å². The average molecular weight is 514 g/mol. The van der Waals surface area contributed by atoms with Gasteiger partial charge in [-0.25, -0.2) is 14.6 Å². The summed E-state index contributed by atoms with van der Waals surface area (Å²) in [6.45, 7) is 0. The first-order chi connectivity index (χ1) is 15.9. The number of anilines is 1. The SMILES string of the molecule is COc1ccc(C(=O)Oc2ccc(C=NNC(=O)C(=O)Nc3ccc(Br)cc3F)cc2)cc1. The minimum absolute atomic E-state index is 0.137.